The van der Waals surface area contributed by atoms with Crippen LogP contribution in [0.5, 0.6) is 0 Å². The number of aromatic nitrogens is 2. The number of carbonyl (C=O) groups is 1. The molecule has 1 amide bonds. The van der Waals surface area contributed by atoms with Crippen molar-refractivity contribution in [3.8, 4) is 0 Å². The van der Waals surface area contributed by atoms with E-state index in [1.165, 1.54) is 12.3 Å². The van der Waals surface area contributed by atoms with E-state index in [-0.39, 0.29) is 5.91 Å². The average molecular weight is 310 g/mol. The number of anilines is 1. The van der Waals surface area contributed by atoms with Crippen LogP contribution in [0.4, 0.5) is 5.69 Å². The van der Waals surface area contributed by atoms with Crippen LogP contribution >= 0.6 is 11.6 Å². The number of halogens is 1. The van der Waals surface area contributed by atoms with Crippen molar-refractivity contribution >= 4 is 40.2 Å². The molecule has 0 atom stereocenters. The molecular weight excluding hydrogens is 298 g/mol. The fraction of sp³-hybridized carbons (Fsp3) is 0. The number of pyridine rings is 2. The summed E-state index contributed by atoms with van der Waals surface area (Å²) in [6.45, 7) is 0. The van der Waals surface area contributed by atoms with Crippen molar-refractivity contribution < 1.29 is 4.79 Å². The number of nitrogens with one attached hydrogen (secondary N) is 1. The van der Waals surface area contributed by atoms with Crippen molar-refractivity contribution in [2.24, 2.45) is 0 Å². The number of rotatable bonds is 3. The summed E-state index contributed by atoms with van der Waals surface area (Å²) in [5.41, 5.74) is 2.21. The minimum Gasteiger partial charge on any atom is -0.321 e. The van der Waals surface area contributed by atoms with E-state index < -0.39 is 0 Å². The van der Waals surface area contributed by atoms with Crippen LogP contribution in [0, 0.1) is 0 Å². The van der Waals surface area contributed by atoms with Gasteiger partial charge >= 0.3 is 0 Å². The summed E-state index contributed by atoms with van der Waals surface area (Å²) >= 11 is 5.69. The van der Waals surface area contributed by atoms with Gasteiger partial charge in [0.2, 0.25) is 5.91 Å². The molecule has 22 heavy (non-hydrogen) atoms. The minimum atomic E-state index is -0.251. The van der Waals surface area contributed by atoms with E-state index in [0.29, 0.717) is 10.8 Å². The van der Waals surface area contributed by atoms with Gasteiger partial charge in [-0.3, -0.25) is 4.79 Å². The first kappa shape index (κ1) is 14.2. The summed E-state index contributed by atoms with van der Waals surface area (Å²) in [5, 5.41) is 4.15. The first-order chi connectivity index (χ1) is 10.7. The van der Waals surface area contributed by atoms with Crippen LogP contribution in [0.15, 0.2) is 60.8 Å². The number of para-hydroxylation sites is 1. The second-order valence-electron chi connectivity index (χ2n) is 4.62. The SMILES string of the molecule is O=C(C=Cc1ccc2ccccc2n1)Nc1ccc(Cl)nc1. The number of carbonyl (C=O) groups excluding carboxylic acids is 1. The molecule has 0 aliphatic carbocycles. The summed E-state index contributed by atoms with van der Waals surface area (Å²) < 4.78 is 0. The Balaban J connectivity index is 1.71. The van der Waals surface area contributed by atoms with Gasteiger partial charge < -0.3 is 5.32 Å². The van der Waals surface area contributed by atoms with Gasteiger partial charge in [0.15, 0.2) is 0 Å². The van der Waals surface area contributed by atoms with Crippen molar-refractivity contribution in [1.82, 2.24) is 9.97 Å². The van der Waals surface area contributed by atoms with Gasteiger partial charge in [0.1, 0.15) is 5.15 Å². The maximum atomic E-state index is 11.8. The normalized spacial score (nSPS) is 11.0. The van der Waals surface area contributed by atoms with Crippen LogP contribution in [0.3, 0.4) is 0 Å². The zero-order valence-corrected chi connectivity index (χ0v) is 12.3. The molecule has 4 nitrogen and oxygen atoms in total. The van der Waals surface area contributed by atoms with E-state index in [0.717, 1.165) is 16.6 Å². The predicted octanol–water partition coefficient (Wildman–Crippen LogP) is 3.94. The van der Waals surface area contributed by atoms with Crippen molar-refractivity contribution in [1.29, 1.82) is 0 Å². The Kier molecular flexibility index (Phi) is 4.12. The topological polar surface area (TPSA) is 54.9 Å². The lowest BCUT2D eigenvalue weighted by atomic mass is 10.2. The average Bonchev–Trinajstić information content (AvgIpc) is 2.55. The molecule has 0 unspecified atom stereocenters. The van der Waals surface area contributed by atoms with Gasteiger partial charge in [-0.1, -0.05) is 35.9 Å². The molecule has 0 saturated heterocycles. The number of fused-ring (bicyclic) bond motifs is 1. The lowest BCUT2D eigenvalue weighted by molar-refractivity contribution is -0.111. The van der Waals surface area contributed by atoms with Crippen molar-refractivity contribution in [3.63, 3.8) is 0 Å². The maximum Gasteiger partial charge on any atom is 0.248 e. The van der Waals surface area contributed by atoms with Crippen molar-refractivity contribution in [2.75, 3.05) is 5.32 Å². The fourth-order valence-electron chi connectivity index (χ4n) is 1.97. The molecule has 0 spiro atoms. The number of benzene rings is 1. The number of hydrogen-bond donors (Lipinski definition) is 1. The predicted molar refractivity (Wildman–Crippen MR) is 88.7 cm³/mol. The molecule has 0 aliphatic heterocycles. The molecule has 0 bridgehead atoms. The Morgan fingerprint density at radius 1 is 1.09 bits per heavy atom. The number of nitrogens with zero attached hydrogens (tertiary/aromatic N) is 2. The van der Waals surface area contributed by atoms with E-state index in [2.05, 4.69) is 15.3 Å². The second kappa shape index (κ2) is 6.37. The highest BCUT2D eigenvalue weighted by Gasteiger charge is 1.99. The number of hydrogen-bond acceptors (Lipinski definition) is 3. The lowest BCUT2D eigenvalue weighted by Crippen LogP contribution is -2.07. The van der Waals surface area contributed by atoms with Gasteiger partial charge in [-0.2, -0.15) is 0 Å². The standard InChI is InChI=1S/C17H12ClN3O/c18-16-9-7-14(11-19-16)21-17(22)10-8-13-6-5-12-3-1-2-4-15(12)20-13/h1-11H,(H,21,22). The second-order valence-corrected chi connectivity index (χ2v) is 5.01. The Labute approximate surface area is 132 Å². The molecule has 1 aromatic carbocycles. The smallest absolute Gasteiger partial charge is 0.248 e. The number of amides is 1. The van der Waals surface area contributed by atoms with Gasteiger partial charge in [-0.15, -0.1) is 0 Å². The molecule has 3 aromatic rings. The minimum absolute atomic E-state index is 0.251. The van der Waals surface area contributed by atoms with Crippen molar-refractivity contribution in [2.45, 2.75) is 0 Å². The fourth-order valence-corrected chi connectivity index (χ4v) is 2.08. The van der Waals surface area contributed by atoms with Gasteiger partial charge in [-0.05, 0) is 30.3 Å². The molecular formula is C17H12ClN3O. The van der Waals surface area contributed by atoms with Crippen LogP contribution in [-0.2, 0) is 4.79 Å². The lowest BCUT2D eigenvalue weighted by Gasteiger charge is -2.01. The third-order valence-electron chi connectivity index (χ3n) is 3.02. The monoisotopic (exact) mass is 309 g/mol. The molecule has 0 radical (unpaired) electrons. The summed E-state index contributed by atoms with van der Waals surface area (Å²) in [5.74, 6) is -0.251. The van der Waals surface area contributed by atoms with E-state index in [4.69, 9.17) is 11.6 Å². The molecule has 2 heterocycles. The Bertz CT molecular complexity index is 844. The molecule has 1 N–H and O–H groups in total. The zero-order chi connectivity index (χ0) is 15.4. The van der Waals surface area contributed by atoms with Crippen molar-refractivity contribution in [3.05, 3.63) is 71.7 Å². The quantitative estimate of drug-likeness (QED) is 0.589. The third-order valence-corrected chi connectivity index (χ3v) is 3.24. The Hall–Kier alpha value is -2.72. The molecule has 0 saturated carbocycles. The van der Waals surface area contributed by atoms with Gasteiger partial charge in [0, 0.05) is 11.5 Å². The zero-order valence-electron chi connectivity index (χ0n) is 11.5. The molecule has 5 heteroatoms. The highest BCUT2D eigenvalue weighted by atomic mass is 35.5. The maximum absolute atomic E-state index is 11.8. The summed E-state index contributed by atoms with van der Waals surface area (Å²) in [6, 6.07) is 15.0. The van der Waals surface area contributed by atoms with Crippen LogP contribution in [0.2, 0.25) is 5.15 Å². The molecule has 108 valence electrons. The van der Waals surface area contributed by atoms with Crippen LogP contribution in [-0.4, -0.2) is 15.9 Å². The molecule has 0 aliphatic rings. The van der Waals surface area contributed by atoms with E-state index in [1.807, 2.05) is 36.4 Å². The van der Waals surface area contributed by atoms with E-state index >= 15 is 0 Å². The van der Waals surface area contributed by atoms with Gasteiger partial charge in [0.25, 0.3) is 0 Å². The van der Waals surface area contributed by atoms with Gasteiger partial charge in [0.05, 0.1) is 23.1 Å². The van der Waals surface area contributed by atoms with E-state index in [1.54, 1.807) is 18.2 Å². The van der Waals surface area contributed by atoms with Crippen LogP contribution in [0.25, 0.3) is 17.0 Å². The Morgan fingerprint density at radius 3 is 2.77 bits per heavy atom. The summed E-state index contributed by atoms with van der Waals surface area (Å²) in [6.07, 6.45) is 4.61. The first-order valence-electron chi connectivity index (χ1n) is 6.67. The highest BCUT2D eigenvalue weighted by Crippen LogP contribution is 2.13. The largest absolute Gasteiger partial charge is 0.321 e. The summed E-state index contributed by atoms with van der Waals surface area (Å²) in [7, 11) is 0. The molecule has 2 aromatic heterocycles. The third kappa shape index (κ3) is 3.48. The van der Waals surface area contributed by atoms with Gasteiger partial charge in [-0.25, -0.2) is 9.97 Å². The summed E-state index contributed by atoms with van der Waals surface area (Å²) in [4.78, 5) is 20.2. The van der Waals surface area contributed by atoms with Crippen LogP contribution in [0.1, 0.15) is 5.69 Å². The first-order valence-corrected chi connectivity index (χ1v) is 7.05. The van der Waals surface area contributed by atoms with Crippen LogP contribution < -0.4 is 5.32 Å². The Morgan fingerprint density at radius 2 is 1.95 bits per heavy atom. The molecule has 0 fully saturated rings. The molecule has 3 rings (SSSR count). The van der Waals surface area contributed by atoms with E-state index in [9.17, 15) is 4.79 Å². The highest BCUT2D eigenvalue weighted by molar-refractivity contribution is 6.29.